The average molecular weight is 476 g/mol. The van der Waals surface area contributed by atoms with Gasteiger partial charge >= 0.3 is 0 Å². The zero-order valence-electron chi connectivity index (χ0n) is 19.0. The molecule has 0 aromatic heterocycles. The maximum absolute atomic E-state index is 13.1. The molecule has 0 bridgehead atoms. The molecule has 9 heteroatoms. The Hall–Kier alpha value is -2.78. The molecule has 1 aliphatic rings. The van der Waals surface area contributed by atoms with E-state index in [0.29, 0.717) is 18.5 Å². The van der Waals surface area contributed by atoms with E-state index in [1.165, 1.54) is 28.6 Å². The minimum atomic E-state index is -3.60. The summed E-state index contributed by atoms with van der Waals surface area (Å²) in [5.41, 5.74) is 1.42. The van der Waals surface area contributed by atoms with Crippen molar-refractivity contribution in [1.29, 1.82) is 0 Å². The molecule has 1 heterocycles. The zero-order chi connectivity index (χ0) is 24.2. The standard InChI is InChI=1S/C24H30FN3O4S/c1-16(2)22(24(30)26-20-8-6-19(25)7-9-20)27-23(29)18-12-14-28(15-13-18)33(31,32)21-10-4-17(3)5-11-21/h4-11,16,18,22H,12-15H2,1-3H3,(H,26,30)(H,27,29)/t22-/m0/s1. The van der Waals surface area contributed by atoms with E-state index in [4.69, 9.17) is 0 Å². The summed E-state index contributed by atoms with van der Waals surface area (Å²) in [7, 11) is -3.60. The number of carbonyl (C=O) groups is 2. The van der Waals surface area contributed by atoms with Crippen molar-refractivity contribution in [3.63, 3.8) is 0 Å². The molecule has 0 radical (unpaired) electrons. The fraction of sp³-hybridized carbons (Fsp3) is 0.417. The molecule has 1 aliphatic heterocycles. The number of hydrogen-bond donors (Lipinski definition) is 2. The third kappa shape index (κ3) is 6.17. The molecule has 0 saturated carbocycles. The molecule has 2 N–H and O–H groups in total. The predicted molar refractivity (Wildman–Crippen MR) is 124 cm³/mol. The Balaban J connectivity index is 1.59. The number of benzene rings is 2. The van der Waals surface area contributed by atoms with Crippen molar-refractivity contribution in [1.82, 2.24) is 9.62 Å². The van der Waals surface area contributed by atoms with Gasteiger partial charge in [0.15, 0.2) is 0 Å². The highest BCUT2D eigenvalue weighted by molar-refractivity contribution is 7.89. The average Bonchev–Trinajstić information content (AvgIpc) is 2.79. The monoisotopic (exact) mass is 475 g/mol. The van der Waals surface area contributed by atoms with Gasteiger partial charge in [0.05, 0.1) is 4.90 Å². The van der Waals surface area contributed by atoms with Crippen molar-refractivity contribution in [3.8, 4) is 0 Å². The molecule has 1 saturated heterocycles. The van der Waals surface area contributed by atoms with E-state index in [0.717, 1.165) is 5.56 Å². The Morgan fingerprint density at radius 3 is 2.12 bits per heavy atom. The first-order valence-corrected chi connectivity index (χ1v) is 12.5. The predicted octanol–water partition coefficient (Wildman–Crippen LogP) is 3.31. The van der Waals surface area contributed by atoms with Gasteiger partial charge < -0.3 is 10.6 Å². The van der Waals surface area contributed by atoms with Crippen LogP contribution in [-0.4, -0.2) is 43.7 Å². The maximum atomic E-state index is 13.1. The van der Waals surface area contributed by atoms with E-state index < -0.39 is 21.9 Å². The summed E-state index contributed by atoms with van der Waals surface area (Å²) >= 11 is 0. The SMILES string of the molecule is Cc1ccc(S(=O)(=O)N2CCC(C(=O)N[C@H](C(=O)Nc3ccc(F)cc3)C(C)C)CC2)cc1. The Kier molecular flexibility index (Phi) is 7.86. The fourth-order valence-electron chi connectivity index (χ4n) is 3.78. The lowest BCUT2D eigenvalue weighted by Crippen LogP contribution is -2.50. The molecule has 0 spiro atoms. The number of nitrogens with zero attached hydrogens (tertiary/aromatic N) is 1. The fourth-order valence-corrected chi connectivity index (χ4v) is 5.25. The highest BCUT2D eigenvalue weighted by Crippen LogP contribution is 2.24. The first-order chi connectivity index (χ1) is 15.6. The van der Waals surface area contributed by atoms with Crippen LogP contribution in [0.1, 0.15) is 32.3 Å². The van der Waals surface area contributed by atoms with E-state index >= 15 is 0 Å². The van der Waals surface area contributed by atoms with Crippen molar-refractivity contribution < 1.29 is 22.4 Å². The summed E-state index contributed by atoms with van der Waals surface area (Å²) in [4.78, 5) is 25.8. The van der Waals surface area contributed by atoms with Crippen LogP contribution in [0.2, 0.25) is 0 Å². The molecule has 2 amide bonds. The van der Waals surface area contributed by atoms with Crippen molar-refractivity contribution in [2.24, 2.45) is 11.8 Å². The molecule has 7 nitrogen and oxygen atoms in total. The first kappa shape index (κ1) is 24.9. The van der Waals surface area contributed by atoms with Crippen molar-refractivity contribution in [2.75, 3.05) is 18.4 Å². The third-order valence-electron chi connectivity index (χ3n) is 5.84. The maximum Gasteiger partial charge on any atom is 0.247 e. The second-order valence-electron chi connectivity index (χ2n) is 8.72. The molecule has 0 unspecified atom stereocenters. The molecule has 2 aromatic carbocycles. The van der Waals surface area contributed by atoms with Crippen molar-refractivity contribution in [2.45, 2.75) is 44.6 Å². The summed E-state index contributed by atoms with van der Waals surface area (Å²) in [6.07, 6.45) is 0.753. The number of anilines is 1. The second-order valence-corrected chi connectivity index (χ2v) is 10.7. The van der Waals surface area contributed by atoms with Crippen LogP contribution in [-0.2, 0) is 19.6 Å². The van der Waals surface area contributed by atoms with E-state index in [1.807, 2.05) is 20.8 Å². The van der Waals surface area contributed by atoms with Gasteiger partial charge in [0, 0.05) is 24.7 Å². The first-order valence-electron chi connectivity index (χ1n) is 11.0. The molecule has 1 atom stereocenters. The smallest absolute Gasteiger partial charge is 0.247 e. The Morgan fingerprint density at radius 2 is 1.58 bits per heavy atom. The van der Waals surface area contributed by atoms with Crippen LogP contribution < -0.4 is 10.6 Å². The van der Waals surface area contributed by atoms with Gasteiger partial charge in [-0.15, -0.1) is 0 Å². The van der Waals surface area contributed by atoms with Crippen molar-refractivity contribution in [3.05, 3.63) is 59.9 Å². The van der Waals surface area contributed by atoms with E-state index in [2.05, 4.69) is 10.6 Å². The number of carbonyl (C=O) groups excluding carboxylic acids is 2. The van der Waals surface area contributed by atoms with Crippen LogP contribution in [0, 0.1) is 24.6 Å². The van der Waals surface area contributed by atoms with Crippen LogP contribution in [0.3, 0.4) is 0 Å². The minimum Gasteiger partial charge on any atom is -0.344 e. The quantitative estimate of drug-likeness (QED) is 0.642. The number of amides is 2. The summed E-state index contributed by atoms with van der Waals surface area (Å²) in [5, 5.41) is 5.52. The van der Waals surface area contributed by atoms with Crippen LogP contribution in [0.25, 0.3) is 0 Å². The molecule has 178 valence electrons. The summed E-state index contributed by atoms with van der Waals surface area (Å²) in [5.74, 6) is -1.61. The van der Waals surface area contributed by atoms with E-state index in [1.54, 1.807) is 24.3 Å². The highest BCUT2D eigenvalue weighted by Gasteiger charge is 2.34. The normalized spacial score (nSPS) is 16.4. The second kappa shape index (κ2) is 10.4. The molecule has 1 fully saturated rings. The lowest BCUT2D eigenvalue weighted by atomic mass is 9.95. The van der Waals surface area contributed by atoms with Crippen LogP contribution >= 0.6 is 0 Å². The molecule has 33 heavy (non-hydrogen) atoms. The number of hydrogen-bond acceptors (Lipinski definition) is 4. The topological polar surface area (TPSA) is 95.6 Å². The van der Waals surface area contributed by atoms with Gasteiger partial charge in [0.1, 0.15) is 11.9 Å². The number of piperidine rings is 1. The lowest BCUT2D eigenvalue weighted by molar-refractivity contribution is -0.130. The van der Waals surface area contributed by atoms with Gasteiger partial charge in [-0.3, -0.25) is 9.59 Å². The Bertz CT molecular complexity index is 1080. The van der Waals surface area contributed by atoms with Crippen LogP contribution in [0.15, 0.2) is 53.4 Å². The molecule has 2 aromatic rings. The largest absolute Gasteiger partial charge is 0.344 e. The van der Waals surface area contributed by atoms with Gasteiger partial charge in [-0.05, 0) is 62.1 Å². The molecular formula is C24H30FN3O4S. The zero-order valence-corrected chi connectivity index (χ0v) is 19.9. The van der Waals surface area contributed by atoms with Gasteiger partial charge in [-0.2, -0.15) is 4.31 Å². The Labute approximate surface area is 194 Å². The third-order valence-corrected chi connectivity index (χ3v) is 7.75. The number of sulfonamides is 1. The number of halogens is 1. The van der Waals surface area contributed by atoms with Gasteiger partial charge in [-0.1, -0.05) is 31.5 Å². The minimum absolute atomic E-state index is 0.170. The van der Waals surface area contributed by atoms with Crippen molar-refractivity contribution >= 4 is 27.5 Å². The molecule has 3 rings (SSSR count). The van der Waals surface area contributed by atoms with Gasteiger partial charge in [0.2, 0.25) is 21.8 Å². The molecular weight excluding hydrogens is 445 g/mol. The van der Waals surface area contributed by atoms with E-state index in [9.17, 15) is 22.4 Å². The van der Waals surface area contributed by atoms with Gasteiger partial charge in [-0.25, -0.2) is 12.8 Å². The van der Waals surface area contributed by atoms with Crippen LogP contribution in [0.4, 0.5) is 10.1 Å². The summed E-state index contributed by atoms with van der Waals surface area (Å²) < 4.78 is 40.2. The van der Waals surface area contributed by atoms with Gasteiger partial charge in [0.25, 0.3) is 0 Å². The lowest BCUT2D eigenvalue weighted by Gasteiger charge is -2.32. The van der Waals surface area contributed by atoms with Crippen LogP contribution in [0.5, 0.6) is 0 Å². The number of aryl methyl sites for hydroxylation is 1. The number of nitrogens with one attached hydrogen (secondary N) is 2. The summed E-state index contributed by atoms with van der Waals surface area (Å²) in [6, 6.07) is 11.3. The number of rotatable bonds is 7. The van der Waals surface area contributed by atoms with E-state index in [-0.39, 0.29) is 41.6 Å². The summed E-state index contributed by atoms with van der Waals surface area (Å²) in [6.45, 7) is 6.02. The molecule has 0 aliphatic carbocycles. The Morgan fingerprint density at radius 1 is 1.00 bits per heavy atom. The highest BCUT2D eigenvalue weighted by atomic mass is 32.2.